The molecule has 0 aliphatic carbocycles. The minimum Gasteiger partial charge on any atom is -0.456 e. The second kappa shape index (κ2) is 13.1. The highest BCUT2D eigenvalue weighted by molar-refractivity contribution is 5.33. The molecule has 4 heteroatoms. The number of aromatic nitrogens is 2. The first-order valence-corrected chi connectivity index (χ1v) is 12.0. The van der Waals surface area contributed by atoms with Crippen LogP contribution in [0.25, 0.3) is 0 Å². The van der Waals surface area contributed by atoms with Gasteiger partial charge in [-0.25, -0.2) is 4.98 Å². The van der Waals surface area contributed by atoms with Gasteiger partial charge in [-0.3, -0.25) is 4.98 Å². The van der Waals surface area contributed by atoms with Crippen LogP contribution in [0, 0.1) is 0 Å². The van der Waals surface area contributed by atoms with Crippen molar-refractivity contribution in [2.75, 3.05) is 0 Å². The van der Waals surface area contributed by atoms with Crippen LogP contribution < -0.4 is 9.47 Å². The van der Waals surface area contributed by atoms with Crippen LogP contribution in [0.1, 0.15) is 63.5 Å². The predicted octanol–water partition coefficient (Wildman–Crippen LogP) is 8.77. The van der Waals surface area contributed by atoms with E-state index in [1.807, 2.05) is 54.6 Å². The van der Waals surface area contributed by atoms with Crippen LogP contribution in [0.15, 0.2) is 97.5 Å². The largest absolute Gasteiger partial charge is 0.456 e. The Hall–Kier alpha value is -3.66. The Kier molecular flexibility index (Phi) is 9.65. The first-order chi connectivity index (χ1) is 16.6. The Morgan fingerprint density at radius 2 is 1.21 bits per heavy atom. The van der Waals surface area contributed by atoms with E-state index < -0.39 is 0 Å². The molecule has 34 heavy (non-hydrogen) atoms. The fourth-order valence-corrected chi connectivity index (χ4v) is 3.27. The summed E-state index contributed by atoms with van der Waals surface area (Å²) < 4.78 is 11.3. The molecule has 4 nitrogen and oxygen atoms in total. The van der Waals surface area contributed by atoms with Gasteiger partial charge in [-0.2, -0.15) is 0 Å². The number of rotatable bonds is 8. The molecule has 2 heterocycles. The molecule has 0 bridgehead atoms. The molecule has 0 fully saturated rings. The average Bonchev–Trinajstić information content (AvgIpc) is 2.90. The molecule has 0 radical (unpaired) electrons. The van der Waals surface area contributed by atoms with Gasteiger partial charge in [-0.1, -0.05) is 58.0 Å². The Bertz CT molecular complexity index is 991. The van der Waals surface area contributed by atoms with Crippen molar-refractivity contribution < 1.29 is 9.47 Å². The van der Waals surface area contributed by atoms with Crippen molar-refractivity contribution in [3.05, 3.63) is 109 Å². The highest BCUT2D eigenvalue weighted by atomic mass is 16.5. The minimum absolute atomic E-state index is 0.596. The van der Waals surface area contributed by atoms with Crippen LogP contribution in [0.3, 0.4) is 0 Å². The van der Waals surface area contributed by atoms with Crippen molar-refractivity contribution >= 4 is 0 Å². The predicted molar refractivity (Wildman–Crippen MR) is 139 cm³/mol. The zero-order chi connectivity index (χ0) is 24.2. The van der Waals surface area contributed by atoms with Crippen molar-refractivity contribution in [1.82, 2.24) is 9.97 Å². The summed E-state index contributed by atoms with van der Waals surface area (Å²) in [5.74, 6) is 4.27. The second-order valence-corrected chi connectivity index (χ2v) is 8.32. The molecule has 0 aliphatic heterocycles. The van der Waals surface area contributed by atoms with Crippen LogP contribution in [0.4, 0.5) is 0 Å². The fourth-order valence-electron chi connectivity index (χ4n) is 3.27. The number of hydrogen-bond donors (Lipinski definition) is 0. The number of hydrogen-bond acceptors (Lipinski definition) is 4. The molecule has 0 N–H and O–H groups in total. The molecule has 176 valence electrons. The number of benzene rings is 2. The van der Waals surface area contributed by atoms with Crippen LogP contribution in [-0.2, 0) is 0 Å². The molecular formula is C30H34N2O2. The molecule has 2 atom stereocenters. The Balaban J connectivity index is 0.000000191. The lowest BCUT2D eigenvalue weighted by Crippen LogP contribution is -1.91. The normalized spacial score (nSPS) is 12.1. The summed E-state index contributed by atoms with van der Waals surface area (Å²) in [7, 11) is 0. The Morgan fingerprint density at radius 1 is 0.618 bits per heavy atom. The molecule has 2 unspecified atom stereocenters. The second-order valence-electron chi connectivity index (χ2n) is 8.32. The van der Waals surface area contributed by atoms with Crippen LogP contribution in [0.5, 0.6) is 23.1 Å². The monoisotopic (exact) mass is 454 g/mol. The van der Waals surface area contributed by atoms with Crippen molar-refractivity contribution in [2.24, 2.45) is 0 Å². The molecule has 2 aromatic carbocycles. The van der Waals surface area contributed by atoms with Crippen LogP contribution in [0.2, 0.25) is 0 Å². The van der Waals surface area contributed by atoms with Crippen molar-refractivity contribution in [2.45, 2.75) is 52.4 Å². The van der Waals surface area contributed by atoms with E-state index in [-0.39, 0.29) is 0 Å². The average molecular weight is 455 g/mol. The molecule has 0 amide bonds. The third kappa shape index (κ3) is 7.73. The summed E-state index contributed by atoms with van der Waals surface area (Å²) >= 11 is 0. The third-order valence-corrected chi connectivity index (χ3v) is 5.85. The first kappa shape index (κ1) is 25.0. The zero-order valence-corrected chi connectivity index (χ0v) is 20.5. The third-order valence-electron chi connectivity index (χ3n) is 5.85. The van der Waals surface area contributed by atoms with Gasteiger partial charge in [0.2, 0.25) is 5.88 Å². The van der Waals surface area contributed by atoms with E-state index in [0.717, 1.165) is 30.1 Å². The van der Waals surface area contributed by atoms with Gasteiger partial charge < -0.3 is 9.47 Å². The van der Waals surface area contributed by atoms with Crippen molar-refractivity contribution in [3.63, 3.8) is 0 Å². The molecule has 0 spiro atoms. The van der Waals surface area contributed by atoms with Gasteiger partial charge in [0.15, 0.2) is 0 Å². The SMILES string of the molecule is CCC(C)c1ccc(Oc2ccccn2)cc1.CCC(C)c1ccc(Oc2cccnc2)cc1. The van der Waals surface area contributed by atoms with E-state index >= 15 is 0 Å². The smallest absolute Gasteiger partial charge is 0.219 e. The summed E-state index contributed by atoms with van der Waals surface area (Å²) in [6.07, 6.45) is 7.48. The van der Waals surface area contributed by atoms with Gasteiger partial charge in [0.25, 0.3) is 0 Å². The lowest BCUT2D eigenvalue weighted by Gasteiger charge is -2.10. The summed E-state index contributed by atoms with van der Waals surface area (Å²) in [5.41, 5.74) is 2.70. The summed E-state index contributed by atoms with van der Waals surface area (Å²) in [5, 5.41) is 0. The van der Waals surface area contributed by atoms with E-state index in [2.05, 4.69) is 61.9 Å². The lowest BCUT2D eigenvalue weighted by molar-refractivity contribution is 0.462. The minimum atomic E-state index is 0.596. The van der Waals surface area contributed by atoms with E-state index in [0.29, 0.717) is 17.7 Å². The maximum atomic E-state index is 5.68. The van der Waals surface area contributed by atoms with Crippen LogP contribution >= 0.6 is 0 Å². The van der Waals surface area contributed by atoms with Gasteiger partial charge in [0, 0.05) is 18.5 Å². The number of nitrogens with zero attached hydrogens (tertiary/aromatic N) is 2. The Labute approximate surface area is 203 Å². The van der Waals surface area contributed by atoms with Gasteiger partial charge in [-0.15, -0.1) is 0 Å². The summed E-state index contributed by atoms with van der Waals surface area (Å²) in [4.78, 5) is 8.14. The Morgan fingerprint density at radius 3 is 1.68 bits per heavy atom. The lowest BCUT2D eigenvalue weighted by atomic mass is 9.99. The first-order valence-electron chi connectivity index (χ1n) is 12.0. The van der Waals surface area contributed by atoms with E-state index in [1.54, 1.807) is 18.6 Å². The van der Waals surface area contributed by atoms with E-state index in [1.165, 1.54) is 11.1 Å². The quantitative estimate of drug-likeness (QED) is 0.267. The standard InChI is InChI=1S/2C15H17NO/c1-3-12(2)13-6-8-14(9-7-13)17-15-5-4-10-16-11-15;1-3-12(2)13-7-9-14(10-8-13)17-15-6-4-5-11-16-15/h2*4-12H,3H2,1-2H3. The molecule has 0 saturated heterocycles. The molecular weight excluding hydrogens is 420 g/mol. The molecule has 4 rings (SSSR count). The number of pyridine rings is 2. The maximum absolute atomic E-state index is 5.68. The zero-order valence-electron chi connectivity index (χ0n) is 20.5. The molecule has 0 aliphatic rings. The number of ether oxygens (including phenoxy) is 2. The maximum Gasteiger partial charge on any atom is 0.219 e. The topological polar surface area (TPSA) is 44.2 Å². The fraction of sp³-hybridized carbons (Fsp3) is 0.267. The highest BCUT2D eigenvalue weighted by Crippen LogP contribution is 2.25. The molecule has 4 aromatic rings. The molecule has 2 aromatic heterocycles. The van der Waals surface area contributed by atoms with E-state index in [9.17, 15) is 0 Å². The van der Waals surface area contributed by atoms with Gasteiger partial charge >= 0.3 is 0 Å². The van der Waals surface area contributed by atoms with E-state index in [4.69, 9.17) is 9.47 Å². The summed E-state index contributed by atoms with van der Waals surface area (Å²) in [6, 6.07) is 25.9. The van der Waals surface area contributed by atoms with Gasteiger partial charge in [-0.05, 0) is 78.3 Å². The highest BCUT2D eigenvalue weighted by Gasteiger charge is 2.04. The van der Waals surface area contributed by atoms with Gasteiger partial charge in [0.1, 0.15) is 17.2 Å². The summed E-state index contributed by atoms with van der Waals surface area (Å²) in [6.45, 7) is 8.86. The van der Waals surface area contributed by atoms with Crippen LogP contribution in [-0.4, -0.2) is 9.97 Å². The van der Waals surface area contributed by atoms with Crippen molar-refractivity contribution in [3.8, 4) is 23.1 Å². The molecule has 0 saturated carbocycles. The van der Waals surface area contributed by atoms with Crippen molar-refractivity contribution in [1.29, 1.82) is 0 Å². The van der Waals surface area contributed by atoms with Gasteiger partial charge in [0.05, 0.1) is 6.20 Å².